The molecular formula is C54H106NO7+. The third-order valence-corrected chi connectivity index (χ3v) is 12.8. The van der Waals surface area contributed by atoms with Gasteiger partial charge in [0, 0.05) is 19.3 Å². The molecule has 0 aliphatic rings. The minimum Gasteiger partial charge on any atom is -0.477 e. The summed E-state index contributed by atoms with van der Waals surface area (Å²) in [5.41, 5.74) is 0. The van der Waals surface area contributed by atoms with Gasteiger partial charge in [0.2, 0.25) is 0 Å². The lowest BCUT2D eigenvalue weighted by Gasteiger charge is -2.31. The topological polar surface area (TPSA) is 99.1 Å². The number of ether oxygens (including phenoxy) is 3. The lowest BCUT2D eigenvalue weighted by atomic mass is 10.0. The summed E-state index contributed by atoms with van der Waals surface area (Å²) in [5, 5.41) is 9.66. The van der Waals surface area contributed by atoms with Crippen molar-refractivity contribution in [3.63, 3.8) is 0 Å². The minimum atomic E-state index is -0.868. The summed E-state index contributed by atoms with van der Waals surface area (Å²) in [6.45, 7) is 4.81. The van der Waals surface area contributed by atoms with Crippen LogP contribution >= 0.6 is 0 Å². The summed E-state index contributed by atoms with van der Waals surface area (Å²) in [4.78, 5) is 37.2. The first-order valence-electron chi connectivity index (χ1n) is 27.1. The molecule has 2 atom stereocenters. The van der Waals surface area contributed by atoms with Crippen molar-refractivity contribution < 1.29 is 38.2 Å². The van der Waals surface area contributed by atoms with Crippen LogP contribution in [-0.2, 0) is 28.6 Å². The van der Waals surface area contributed by atoms with Crippen LogP contribution in [0.3, 0.4) is 0 Å². The maximum atomic E-state index is 12.8. The summed E-state index contributed by atoms with van der Waals surface area (Å²) in [6, 6.07) is -0.609. The number of carboxylic acid groups (broad SMARTS) is 1. The smallest absolute Gasteiger partial charge is 0.362 e. The molecule has 0 fully saturated rings. The maximum Gasteiger partial charge on any atom is 0.362 e. The molecule has 0 spiro atoms. The van der Waals surface area contributed by atoms with Gasteiger partial charge in [-0.15, -0.1) is 0 Å². The Morgan fingerprint density at radius 1 is 0.419 bits per heavy atom. The van der Waals surface area contributed by atoms with Gasteiger partial charge in [0.25, 0.3) is 0 Å². The summed E-state index contributed by atoms with van der Waals surface area (Å²) in [5.74, 6) is -1.44. The van der Waals surface area contributed by atoms with E-state index in [0.29, 0.717) is 19.3 Å². The van der Waals surface area contributed by atoms with E-state index in [9.17, 15) is 19.5 Å². The average Bonchev–Trinajstić information content (AvgIpc) is 3.23. The number of carboxylic acids is 1. The van der Waals surface area contributed by atoms with Gasteiger partial charge < -0.3 is 23.8 Å². The lowest BCUT2D eigenvalue weighted by Crippen LogP contribution is -2.50. The number of hydrogen-bond acceptors (Lipinski definition) is 6. The van der Waals surface area contributed by atoms with Gasteiger partial charge in [-0.25, -0.2) is 4.79 Å². The molecule has 0 amide bonds. The fourth-order valence-corrected chi connectivity index (χ4v) is 8.57. The highest BCUT2D eigenvalue weighted by atomic mass is 16.6. The van der Waals surface area contributed by atoms with E-state index < -0.39 is 18.1 Å². The number of likely N-dealkylation sites (N-methyl/N-ethyl adjacent to an activating group) is 1. The second-order valence-electron chi connectivity index (χ2n) is 19.9. The van der Waals surface area contributed by atoms with E-state index in [1.165, 1.54) is 205 Å². The highest BCUT2D eigenvalue weighted by molar-refractivity contribution is 5.72. The van der Waals surface area contributed by atoms with E-state index >= 15 is 0 Å². The quantitative estimate of drug-likeness (QED) is 0.0369. The van der Waals surface area contributed by atoms with Crippen LogP contribution in [0.15, 0.2) is 0 Å². The van der Waals surface area contributed by atoms with Crippen LogP contribution in [0.4, 0.5) is 0 Å². The fourth-order valence-electron chi connectivity index (χ4n) is 8.57. The Morgan fingerprint density at radius 2 is 0.710 bits per heavy atom. The number of esters is 2. The molecule has 0 aliphatic heterocycles. The van der Waals surface area contributed by atoms with Crippen molar-refractivity contribution in [1.29, 1.82) is 0 Å². The summed E-state index contributed by atoms with van der Waals surface area (Å²) >= 11 is 0. The normalized spacial score (nSPS) is 12.7. The van der Waals surface area contributed by atoms with Gasteiger partial charge in [-0.05, 0) is 12.8 Å². The molecule has 0 saturated carbocycles. The summed E-state index contributed by atoms with van der Waals surface area (Å²) in [7, 11) is 5.55. The first-order chi connectivity index (χ1) is 30.1. The van der Waals surface area contributed by atoms with E-state index in [1.807, 2.05) is 21.1 Å². The highest BCUT2D eigenvalue weighted by Crippen LogP contribution is 2.18. The Kier molecular flexibility index (Phi) is 44.6. The van der Waals surface area contributed by atoms with Crippen molar-refractivity contribution >= 4 is 17.9 Å². The number of carbonyl (C=O) groups excluding carboxylic acids is 2. The third kappa shape index (κ3) is 43.6. The first-order valence-corrected chi connectivity index (χ1v) is 27.1. The second kappa shape index (κ2) is 45.9. The lowest BCUT2D eigenvalue weighted by molar-refractivity contribution is -0.887. The van der Waals surface area contributed by atoms with Gasteiger partial charge in [-0.3, -0.25) is 9.59 Å². The Bertz CT molecular complexity index is 982. The number of quaternary nitrogens is 1. The van der Waals surface area contributed by atoms with Crippen LogP contribution in [0, 0.1) is 0 Å². The number of carbonyl (C=O) groups is 3. The Labute approximate surface area is 385 Å². The first kappa shape index (κ1) is 60.3. The minimum absolute atomic E-state index is 0.0411. The van der Waals surface area contributed by atoms with E-state index in [1.54, 1.807) is 0 Å². The van der Waals surface area contributed by atoms with Gasteiger partial charge in [-0.2, -0.15) is 0 Å². The maximum absolute atomic E-state index is 12.8. The SMILES string of the molecule is CCCCCCCCCCCCCCCCCCCCCCCC(=O)OC(COCCC(C(=O)O)[N+](C)(C)C)COC(=O)CCCCCCCCCCCCCCCCCCC. The van der Waals surface area contributed by atoms with Gasteiger partial charge in [0.1, 0.15) is 6.61 Å². The molecule has 0 bridgehead atoms. The zero-order chi connectivity index (χ0) is 45.6. The third-order valence-electron chi connectivity index (χ3n) is 12.8. The molecular weight excluding hydrogens is 775 g/mol. The van der Waals surface area contributed by atoms with Crippen molar-refractivity contribution in [2.24, 2.45) is 0 Å². The molecule has 62 heavy (non-hydrogen) atoms. The van der Waals surface area contributed by atoms with Crippen molar-refractivity contribution in [1.82, 2.24) is 0 Å². The van der Waals surface area contributed by atoms with Gasteiger partial charge in [-0.1, -0.05) is 245 Å². The predicted octanol–water partition coefficient (Wildman–Crippen LogP) is 15.7. The number of hydrogen-bond donors (Lipinski definition) is 1. The van der Waals surface area contributed by atoms with Gasteiger partial charge in [0.15, 0.2) is 12.1 Å². The van der Waals surface area contributed by atoms with Crippen LogP contribution in [0.2, 0.25) is 0 Å². The largest absolute Gasteiger partial charge is 0.477 e. The van der Waals surface area contributed by atoms with E-state index in [2.05, 4.69) is 13.8 Å². The van der Waals surface area contributed by atoms with Crippen molar-refractivity contribution in [2.45, 2.75) is 289 Å². The molecule has 0 radical (unpaired) electrons. The monoisotopic (exact) mass is 881 g/mol. The van der Waals surface area contributed by atoms with E-state index in [4.69, 9.17) is 14.2 Å². The van der Waals surface area contributed by atoms with Crippen LogP contribution < -0.4 is 0 Å². The van der Waals surface area contributed by atoms with E-state index in [0.717, 1.165) is 38.5 Å². The second-order valence-corrected chi connectivity index (χ2v) is 19.9. The Hall–Kier alpha value is -1.67. The molecule has 0 rings (SSSR count). The van der Waals surface area contributed by atoms with Crippen LogP contribution in [0.1, 0.15) is 277 Å². The summed E-state index contributed by atoms with van der Waals surface area (Å²) in [6.07, 6.45) is 50.1. The molecule has 8 nitrogen and oxygen atoms in total. The standard InChI is InChI=1S/C54H105NO7/c1-6-8-10-12-14-16-18-20-22-24-25-26-27-29-31-33-35-37-39-41-43-45-53(57)62-50(48-60-47-46-51(54(58)59)55(3,4)5)49-61-52(56)44-42-40-38-36-34-32-30-28-23-21-19-17-15-13-11-9-7-2/h50-51H,6-49H2,1-5H3/p+1. The molecule has 8 heteroatoms. The molecule has 0 aliphatic carbocycles. The zero-order valence-corrected chi connectivity index (χ0v) is 42.1. The number of nitrogens with zero attached hydrogens (tertiary/aromatic N) is 1. The molecule has 0 aromatic carbocycles. The molecule has 0 aromatic rings. The number of aliphatic carboxylic acids is 1. The van der Waals surface area contributed by atoms with Gasteiger partial charge in [0.05, 0.1) is 34.4 Å². The average molecular weight is 881 g/mol. The molecule has 0 heterocycles. The molecule has 1 N–H and O–H groups in total. The van der Waals surface area contributed by atoms with Crippen molar-refractivity contribution in [2.75, 3.05) is 41.0 Å². The summed E-state index contributed by atoms with van der Waals surface area (Å²) < 4.78 is 17.4. The molecule has 0 aromatic heterocycles. The van der Waals surface area contributed by atoms with Crippen molar-refractivity contribution in [3.05, 3.63) is 0 Å². The molecule has 0 saturated heterocycles. The van der Waals surface area contributed by atoms with Gasteiger partial charge >= 0.3 is 17.9 Å². The number of unbranched alkanes of at least 4 members (excludes halogenated alkanes) is 36. The number of rotatable bonds is 50. The fraction of sp³-hybridized carbons (Fsp3) is 0.944. The Morgan fingerprint density at radius 3 is 1.00 bits per heavy atom. The van der Waals surface area contributed by atoms with Crippen LogP contribution in [0.5, 0.6) is 0 Å². The predicted molar refractivity (Wildman–Crippen MR) is 262 cm³/mol. The molecule has 368 valence electrons. The van der Waals surface area contributed by atoms with Crippen LogP contribution in [-0.4, -0.2) is 80.6 Å². The zero-order valence-electron chi connectivity index (χ0n) is 42.1. The van der Waals surface area contributed by atoms with Crippen molar-refractivity contribution in [3.8, 4) is 0 Å². The highest BCUT2D eigenvalue weighted by Gasteiger charge is 2.31. The van der Waals surface area contributed by atoms with E-state index in [-0.39, 0.29) is 36.2 Å². The van der Waals surface area contributed by atoms with Crippen LogP contribution in [0.25, 0.3) is 0 Å². The molecule has 2 unspecified atom stereocenters. The Balaban J connectivity index is 4.15.